The standard InChI is InChI=1S/C12H16ClN3O.HI/c1-8(2)7-15-12(14)16-9-4-5-11(17-3)10(13)6-9;/h4-6H,1,7H2,2-3H3,(H3,14,15,16);1H. The fourth-order valence-electron chi connectivity index (χ4n) is 1.15. The van der Waals surface area contributed by atoms with Gasteiger partial charge in [-0.15, -0.1) is 24.0 Å². The minimum Gasteiger partial charge on any atom is -0.495 e. The van der Waals surface area contributed by atoms with Gasteiger partial charge in [-0.05, 0) is 25.1 Å². The van der Waals surface area contributed by atoms with Gasteiger partial charge in [0.2, 0.25) is 0 Å². The Morgan fingerprint density at radius 2 is 2.22 bits per heavy atom. The number of nitrogens with zero attached hydrogens (tertiary/aromatic N) is 1. The van der Waals surface area contributed by atoms with E-state index in [2.05, 4.69) is 16.9 Å². The lowest BCUT2D eigenvalue weighted by Gasteiger charge is -2.08. The molecule has 0 amide bonds. The summed E-state index contributed by atoms with van der Waals surface area (Å²) in [6, 6.07) is 5.30. The summed E-state index contributed by atoms with van der Waals surface area (Å²) in [6.07, 6.45) is 0. The number of nitrogens with one attached hydrogen (secondary N) is 1. The zero-order valence-corrected chi connectivity index (χ0v) is 13.5. The van der Waals surface area contributed by atoms with E-state index in [-0.39, 0.29) is 24.0 Å². The minimum absolute atomic E-state index is 0. The zero-order chi connectivity index (χ0) is 12.8. The molecule has 4 nitrogen and oxygen atoms in total. The number of methoxy groups -OCH3 is 1. The van der Waals surface area contributed by atoms with Gasteiger partial charge in [-0.2, -0.15) is 0 Å². The number of hydrogen-bond donors (Lipinski definition) is 2. The van der Waals surface area contributed by atoms with Crippen LogP contribution in [-0.4, -0.2) is 19.6 Å². The maximum Gasteiger partial charge on any atom is 0.193 e. The molecule has 0 spiro atoms. The molecule has 1 aromatic carbocycles. The first kappa shape index (κ1) is 17.1. The minimum atomic E-state index is 0. The van der Waals surface area contributed by atoms with Crippen molar-refractivity contribution >= 4 is 47.2 Å². The Morgan fingerprint density at radius 1 is 1.56 bits per heavy atom. The van der Waals surface area contributed by atoms with E-state index in [1.165, 1.54) is 0 Å². The molecule has 0 atom stereocenters. The van der Waals surface area contributed by atoms with Crippen LogP contribution >= 0.6 is 35.6 Å². The van der Waals surface area contributed by atoms with Gasteiger partial charge < -0.3 is 15.8 Å². The van der Waals surface area contributed by atoms with Gasteiger partial charge in [-0.25, -0.2) is 4.99 Å². The first-order chi connectivity index (χ1) is 8.02. The highest BCUT2D eigenvalue weighted by molar-refractivity contribution is 14.0. The summed E-state index contributed by atoms with van der Waals surface area (Å²) < 4.78 is 5.05. The molecular weight excluding hydrogens is 365 g/mol. The van der Waals surface area contributed by atoms with Crippen LogP contribution in [0.3, 0.4) is 0 Å². The fourth-order valence-corrected chi connectivity index (χ4v) is 1.41. The lowest BCUT2D eigenvalue weighted by Crippen LogP contribution is -2.22. The van der Waals surface area contributed by atoms with Crippen LogP contribution in [0, 0.1) is 0 Å². The van der Waals surface area contributed by atoms with Gasteiger partial charge in [0.05, 0.1) is 18.7 Å². The van der Waals surface area contributed by atoms with Crippen molar-refractivity contribution in [1.29, 1.82) is 0 Å². The number of ether oxygens (including phenoxy) is 1. The van der Waals surface area contributed by atoms with E-state index in [0.29, 0.717) is 23.3 Å². The first-order valence-electron chi connectivity index (χ1n) is 5.08. The molecule has 0 fully saturated rings. The summed E-state index contributed by atoms with van der Waals surface area (Å²) in [5.74, 6) is 0.948. The Labute approximate surface area is 129 Å². The molecule has 6 heteroatoms. The number of rotatable bonds is 4. The summed E-state index contributed by atoms with van der Waals surface area (Å²) in [5.41, 5.74) is 7.41. The lowest BCUT2D eigenvalue weighted by atomic mass is 10.3. The summed E-state index contributed by atoms with van der Waals surface area (Å²) in [4.78, 5) is 4.10. The largest absolute Gasteiger partial charge is 0.495 e. The highest BCUT2D eigenvalue weighted by Gasteiger charge is 2.02. The molecule has 0 aromatic heterocycles. The molecule has 100 valence electrons. The van der Waals surface area contributed by atoms with Crippen molar-refractivity contribution in [3.05, 3.63) is 35.4 Å². The molecule has 1 rings (SSSR count). The Bertz CT molecular complexity index is 449. The van der Waals surface area contributed by atoms with Crippen LogP contribution in [0.15, 0.2) is 35.3 Å². The van der Waals surface area contributed by atoms with E-state index in [0.717, 1.165) is 11.3 Å². The van der Waals surface area contributed by atoms with Gasteiger partial charge >= 0.3 is 0 Å². The third-order valence-corrected chi connectivity index (χ3v) is 2.24. The molecule has 3 N–H and O–H groups in total. The van der Waals surface area contributed by atoms with Gasteiger partial charge in [0.15, 0.2) is 5.96 Å². The zero-order valence-electron chi connectivity index (χ0n) is 10.4. The molecule has 0 heterocycles. The molecule has 0 bridgehead atoms. The second-order valence-corrected chi connectivity index (χ2v) is 4.04. The number of anilines is 1. The average Bonchev–Trinajstić information content (AvgIpc) is 2.26. The van der Waals surface area contributed by atoms with Crippen LogP contribution in [0.5, 0.6) is 5.75 Å². The molecule has 1 aromatic rings. The maximum absolute atomic E-state index is 5.98. The second kappa shape index (κ2) is 8.20. The van der Waals surface area contributed by atoms with E-state index in [1.807, 2.05) is 13.0 Å². The van der Waals surface area contributed by atoms with E-state index in [1.54, 1.807) is 19.2 Å². The van der Waals surface area contributed by atoms with Crippen molar-refractivity contribution < 1.29 is 4.74 Å². The van der Waals surface area contributed by atoms with Crippen LogP contribution in [0.4, 0.5) is 5.69 Å². The van der Waals surface area contributed by atoms with E-state index >= 15 is 0 Å². The van der Waals surface area contributed by atoms with Gasteiger partial charge in [0, 0.05) is 5.69 Å². The fraction of sp³-hybridized carbons (Fsp3) is 0.250. The first-order valence-corrected chi connectivity index (χ1v) is 5.45. The van der Waals surface area contributed by atoms with Crippen LogP contribution in [-0.2, 0) is 0 Å². The Morgan fingerprint density at radius 3 is 2.72 bits per heavy atom. The maximum atomic E-state index is 5.98. The van der Waals surface area contributed by atoms with Gasteiger partial charge in [-0.1, -0.05) is 23.8 Å². The monoisotopic (exact) mass is 381 g/mol. The topological polar surface area (TPSA) is 59.6 Å². The smallest absolute Gasteiger partial charge is 0.193 e. The summed E-state index contributed by atoms with van der Waals surface area (Å²) in [7, 11) is 1.57. The normalized spacial score (nSPS) is 10.5. The van der Waals surface area contributed by atoms with Gasteiger partial charge in [0.1, 0.15) is 5.75 Å². The highest BCUT2D eigenvalue weighted by Crippen LogP contribution is 2.26. The lowest BCUT2D eigenvalue weighted by molar-refractivity contribution is 0.415. The van der Waals surface area contributed by atoms with Gasteiger partial charge in [-0.3, -0.25) is 0 Å². The Hall–Kier alpha value is -0.950. The van der Waals surface area contributed by atoms with Crippen LogP contribution in [0.25, 0.3) is 0 Å². The highest BCUT2D eigenvalue weighted by atomic mass is 127. The van der Waals surface area contributed by atoms with E-state index in [9.17, 15) is 0 Å². The molecule has 18 heavy (non-hydrogen) atoms. The van der Waals surface area contributed by atoms with Crippen molar-refractivity contribution in [2.45, 2.75) is 6.92 Å². The van der Waals surface area contributed by atoms with Crippen molar-refractivity contribution in [3.8, 4) is 5.75 Å². The van der Waals surface area contributed by atoms with Crippen molar-refractivity contribution in [2.24, 2.45) is 10.7 Å². The van der Waals surface area contributed by atoms with Crippen molar-refractivity contribution in [3.63, 3.8) is 0 Å². The van der Waals surface area contributed by atoms with Crippen LogP contribution < -0.4 is 15.8 Å². The number of nitrogens with two attached hydrogens (primary N) is 1. The third-order valence-electron chi connectivity index (χ3n) is 1.94. The number of guanidine groups is 1. The predicted octanol–water partition coefficient (Wildman–Crippen LogP) is 3.27. The molecule has 0 aliphatic heterocycles. The Balaban J connectivity index is 0.00000289. The molecule has 0 unspecified atom stereocenters. The Kier molecular flexibility index (Phi) is 7.77. The number of benzene rings is 1. The molecular formula is C12H17ClIN3O. The number of halogens is 2. The molecule has 0 radical (unpaired) electrons. The van der Waals surface area contributed by atoms with Crippen molar-refractivity contribution in [2.75, 3.05) is 19.0 Å². The average molecular weight is 382 g/mol. The summed E-state index contributed by atoms with van der Waals surface area (Å²) in [6.45, 7) is 6.14. The summed E-state index contributed by atoms with van der Waals surface area (Å²) in [5, 5.41) is 3.45. The molecule has 0 saturated heterocycles. The number of hydrogen-bond acceptors (Lipinski definition) is 2. The van der Waals surface area contributed by atoms with Crippen LogP contribution in [0.1, 0.15) is 6.92 Å². The van der Waals surface area contributed by atoms with E-state index in [4.69, 9.17) is 22.1 Å². The molecule has 0 saturated carbocycles. The van der Waals surface area contributed by atoms with E-state index < -0.39 is 0 Å². The summed E-state index contributed by atoms with van der Waals surface area (Å²) >= 11 is 5.98. The molecule has 0 aliphatic carbocycles. The molecule has 0 aliphatic rings. The van der Waals surface area contributed by atoms with Crippen LogP contribution in [0.2, 0.25) is 5.02 Å². The third kappa shape index (κ3) is 5.59. The van der Waals surface area contributed by atoms with Crippen molar-refractivity contribution in [1.82, 2.24) is 0 Å². The SMILES string of the molecule is C=C(C)CN=C(N)Nc1ccc(OC)c(Cl)c1.I. The predicted molar refractivity (Wildman–Crippen MR) is 88.3 cm³/mol. The number of aliphatic imine (C=N–C) groups is 1. The second-order valence-electron chi connectivity index (χ2n) is 3.63. The quantitative estimate of drug-likeness (QED) is 0.364. The van der Waals surface area contributed by atoms with Gasteiger partial charge in [0.25, 0.3) is 0 Å².